The number of rotatable bonds is 3. The third kappa shape index (κ3) is 12.2. The maximum absolute atomic E-state index is 12.1. The molecule has 2 aromatic rings. The average Bonchev–Trinajstić information content (AvgIpc) is 2.74. The van der Waals surface area contributed by atoms with Gasteiger partial charge in [0.2, 0.25) is 0 Å². The molecule has 36 heavy (non-hydrogen) atoms. The van der Waals surface area contributed by atoms with E-state index in [1.807, 2.05) is 0 Å². The molecule has 0 heterocycles. The molecule has 1 radical (unpaired) electrons. The van der Waals surface area contributed by atoms with E-state index in [1.165, 1.54) is 24.3 Å². The van der Waals surface area contributed by atoms with Crippen molar-refractivity contribution in [2.24, 2.45) is 4.30 Å². The van der Waals surface area contributed by atoms with Crippen LogP contribution in [0.15, 0.2) is 37.5 Å². The normalized spacial score (nSPS) is 10.8. The summed E-state index contributed by atoms with van der Waals surface area (Å²) in [6.45, 7) is 1.56. The number of hydrogen-bond acceptors (Lipinski definition) is 4. The van der Waals surface area contributed by atoms with Gasteiger partial charge in [0, 0.05) is 25.7 Å². The molecule has 0 spiro atoms. The number of carbonyl (C=O) groups is 2. The molecule has 5 nitrogen and oxygen atoms in total. The summed E-state index contributed by atoms with van der Waals surface area (Å²) in [5, 5.41) is 4.25. The van der Waals surface area contributed by atoms with E-state index in [0.29, 0.717) is 20.1 Å². The second-order valence-corrected chi connectivity index (χ2v) is 9.47. The second kappa shape index (κ2) is 15.6. The molecular weight excluding hydrogens is 758 g/mol. The van der Waals surface area contributed by atoms with Gasteiger partial charge in [-0.25, -0.2) is 0 Å². The Morgan fingerprint density at radius 1 is 0.917 bits per heavy atom. The molecule has 18 heteroatoms. The summed E-state index contributed by atoms with van der Waals surface area (Å²) in [6, 6.07) is 5.56. The van der Waals surface area contributed by atoms with Crippen LogP contribution in [0.2, 0.25) is 10.0 Å². The molecule has 0 fully saturated rings. The maximum atomic E-state index is 12.1. The SMILES string of the molecule is Cc1cc(Br)c(Cl)cc1NC(=O)C(F)(F)F.O=C(Nc1cc(Cl)c(Br)cc1CBr)C(F)(F)F.[B]=NS. The summed E-state index contributed by atoms with van der Waals surface area (Å²) in [4.78, 5) is 21.5. The van der Waals surface area contributed by atoms with Gasteiger partial charge in [-0.3, -0.25) is 9.59 Å². The van der Waals surface area contributed by atoms with Gasteiger partial charge in [0.25, 0.3) is 0 Å². The Labute approximate surface area is 243 Å². The summed E-state index contributed by atoms with van der Waals surface area (Å²) < 4.78 is 76.0. The van der Waals surface area contributed by atoms with E-state index in [1.54, 1.807) is 17.6 Å². The zero-order valence-electron chi connectivity index (χ0n) is 17.5. The van der Waals surface area contributed by atoms with Gasteiger partial charge in [-0.15, -0.1) is 0 Å². The molecule has 0 saturated carbocycles. The zero-order chi connectivity index (χ0) is 28.4. The molecule has 0 bridgehead atoms. The Hall–Kier alpha value is -0.805. The van der Waals surface area contributed by atoms with E-state index in [2.05, 4.69) is 72.5 Å². The van der Waals surface area contributed by atoms with E-state index < -0.39 is 24.2 Å². The van der Waals surface area contributed by atoms with Crippen molar-refractivity contribution in [3.8, 4) is 0 Å². The summed E-state index contributed by atoms with van der Waals surface area (Å²) >= 11 is 24.0. The third-order valence-electron chi connectivity index (χ3n) is 3.57. The first-order valence-corrected chi connectivity index (χ1v) is 12.5. The van der Waals surface area contributed by atoms with E-state index in [9.17, 15) is 35.9 Å². The molecule has 2 aromatic carbocycles. The predicted octanol–water partition coefficient (Wildman–Crippen LogP) is 8.59. The number of nitrogens with one attached hydrogen (secondary N) is 2. The number of halogens is 11. The van der Waals surface area contributed by atoms with Crippen LogP contribution in [0, 0.1) is 6.92 Å². The topological polar surface area (TPSA) is 70.6 Å². The monoisotopic (exact) mass is 766 g/mol. The minimum atomic E-state index is -4.93. The Balaban J connectivity index is 0.000000614. The van der Waals surface area contributed by atoms with Crippen LogP contribution < -0.4 is 10.6 Å². The van der Waals surface area contributed by atoms with Crippen LogP contribution in [0.1, 0.15) is 11.1 Å². The van der Waals surface area contributed by atoms with Crippen LogP contribution in [0.5, 0.6) is 0 Å². The number of amides is 2. The summed E-state index contributed by atoms with van der Waals surface area (Å²) in [5.74, 6) is -4.05. The number of benzene rings is 2. The fourth-order valence-corrected chi connectivity index (χ4v) is 3.62. The van der Waals surface area contributed by atoms with Gasteiger partial charge in [0.1, 0.15) is 0 Å². The minimum absolute atomic E-state index is 0.0254. The van der Waals surface area contributed by atoms with Crippen LogP contribution in [0.4, 0.5) is 37.7 Å². The van der Waals surface area contributed by atoms with Crippen molar-refractivity contribution < 1.29 is 35.9 Å². The Kier molecular flexibility index (Phi) is 15.2. The molecule has 0 aliphatic carbocycles. The Morgan fingerprint density at radius 3 is 1.67 bits per heavy atom. The van der Waals surface area contributed by atoms with Gasteiger partial charge in [0.05, 0.1) is 10.0 Å². The van der Waals surface area contributed by atoms with Gasteiger partial charge in [-0.2, -0.15) is 26.3 Å². The van der Waals surface area contributed by atoms with Crippen molar-refractivity contribution in [1.29, 1.82) is 0 Å². The van der Waals surface area contributed by atoms with Gasteiger partial charge in [0.15, 0.2) is 0 Å². The molecule has 0 saturated heterocycles. The van der Waals surface area contributed by atoms with Crippen LogP contribution in [0.25, 0.3) is 0 Å². The molecule has 2 N–H and O–H groups in total. The molecule has 0 aliphatic heterocycles. The first-order chi connectivity index (χ1) is 16.4. The van der Waals surface area contributed by atoms with E-state index in [0.717, 1.165) is 0 Å². The summed E-state index contributed by atoms with van der Waals surface area (Å²) in [7, 11) is 4.34. The van der Waals surface area contributed by atoms with Crippen LogP contribution in [0.3, 0.4) is 0 Å². The number of nitrogens with zero attached hydrogens (tertiary/aromatic N) is 1. The quantitative estimate of drug-likeness (QED) is 0.127. The Bertz CT molecular complexity index is 1110. The zero-order valence-corrected chi connectivity index (χ0v) is 24.6. The fourth-order valence-electron chi connectivity index (χ4n) is 1.98. The van der Waals surface area contributed by atoms with Gasteiger partial charge in [-0.1, -0.05) is 39.1 Å². The Morgan fingerprint density at radius 2 is 1.28 bits per heavy atom. The number of aryl methyl sites for hydroxylation is 1. The first kappa shape index (κ1) is 35.2. The van der Waals surface area contributed by atoms with Crippen molar-refractivity contribution >= 4 is 115 Å². The van der Waals surface area contributed by atoms with Gasteiger partial charge >= 0.3 is 48.9 Å². The number of thiol groups is 1. The van der Waals surface area contributed by atoms with Crippen LogP contribution in [-0.4, -0.2) is 31.8 Å². The third-order valence-corrected chi connectivity index (χ3v) is 6.57. The predicted molar refractivity (Wildman–Crippen MR) is 142 cm³/mol. The number of carbonyl (C=O) groups excluding carboxylic acids is 2. The molecule has 2 amide bonds. The van der Waals surface area contributed by atoms with Crippen molar-refractivity contribution in [3.05, 3.63) is 54.4 Å². The standard InChI is InChI=1S/C9H5Br2ClF3NO.C9H6BrClF3NO.BHNS/c10-3-4-1-5(11)6(12)2-7(4)16-8(17)9(13,14)15;1-4-2-5(10)6(11)3-7(4)15-8(16)9(12,13)14;1-2-3/h1-2H,3H2,(H,16,17);2-3H,1H3,(H,15,16);3H. The molecule has 0 aromatic heterocycles. The number of alkyl halides is 7. The van der Waals surface area contributed by atoms with Crippen molar-refractivity contribution in [1.82, 2.24) is 0 Å². The van der Waals surface area contributed by atoms with Crippen molar-refractivity contribution in [2.45, 2.75) is 24.6 Å². The molecular formula is C18H12BBr3Cl2F6N3O2S. The van der Waals surface area contributed by atoms with E-state index in [4.69, 9.17) is 23.2 Å². The van der Waals surface area contributed by atoms with Crippen molar-refractivity contribution in [3.63, 3.8) is 0 Å². The molecule has 197 valence electrons. The van der Waals surface area contributed by atoms with E-state index >= 15 is 0 Å². The summed E-state index contributed by atoms with van der Waals surface area (Å²) in [6.07, 6.45) is -9.84. The van der Waals surface area contributed by atoms with Gasteiger partial charge in [-0.05, 0) is 74.2 Å². The fraction of sp³-hybridized carbons (Fsp3) is 0.222. The molecule has 0 unspecified atom stereocenters. The van der Waals surface area contributed by atoms with Crippen LogP contribution in [-0.2, 0) is 14.9 Å². The molecule has 0 aliphatic rings. The summed E-state index contributed by atoms with van der Waals surface area (Å²) in [5.41, 5.74) is 1.03. The molecule has 0 atom stereocenters. The van der Waals surface area contributed by atoms with Crippen LogP contribution >= 0.6 is 83.8 Å². The van der Waals surface area contributed by atoms with E-state index in [-0.39, 0.29) is 26.8 Å². The average molecular weight is 770 g/mol. The molecule has 2 rings (SSSR count). The first-order valence-electron chi connectivity index (χ1n) is 8.69. The second-order valence-electron chi connectivity index (χ2n) is 6.16. The van der Waals surface area contributed by atoms with Crippen molar-refractivity contribution in [2.75, 3.05) is 10.6 Å². The number of anilines is 2. The van der Waals surface area contributed by atoms with Gasteiger partial charge < -0.3 is 10.6 Å². The number of hydrogen-bond donors (Lipinski definition) is 3.